The summed E-state index contributed by atoms with van der Waals surface area (Å²) in [6.45, 7) is 2.24. The van der Waals surface area contributed by atoms with Crippen LogP contribution in [0, 0.1) is 0 Å². The van der Waals surface area contributed by atoms with Crippen LogP contribution >= 0.6 is 0 Å². The molecule has 0 aliphatic rings. The van der Waals surface area contributed by atoms with Gasteiger partial charge in [-0.05, 0) is 36.1 Å². The fraction of sp³-hybridized carbons (Fsp3) is 0.217. The van der Waals surface area contributed by atoms with E-state index in [0.29, 0.717) is 0 Å². The van der Waals surface area contributed by atoms with Crippen molar-refractivity contribution in [3.05, 3.63) is 72.6 Å². The first-order valence-corrected chi connectivity index (χ1v) is 9.08. The quantitative estimate of drug-likeness (QED) is 0.323. The Balaban J connectivity index is 1.66. The van der Waals surface area contributed by atoms with Gasteiger partial charge in [-0.1, -0.05) is 62.2 Å². The monoisotopic (exact) mass is 326 g/mol. The van der Waals surface area contributed by atoms with Crippen molar-refractivity contribution in [2.24, 2.45) is 0 Å². The molecule has 0 N–H and O–H groups in total. The molecule has 0 radical (unpaired) electrons. The Bertz CT molecular complexity index is 1000. The number of nitrogens with zero attached hydrogens (tertiary/aromatic N) is 2. The summed E-state index contributed by atoms with van der Waals surface area (Å²) < 4.78 is 0. The van der Waals surface area contributed by atoms with Crippen LogP contribution < -0.4 is 0 Å². The molecule has 0 unspecified atom stereocenters. The molecule has 2 aromatic carbocycles. The van der Waals surface area contributed by atoms with Crippen molar-refractivity contribution in [2.75, 3.05) is 0 Å². The summed E-state index contributed by atoms with van der Waals surface area (Å²) in [7, 11) is 0. The van der Waals surface area contributed by atoms with Gasteiger partial charge < -0.3 is 0 Å². The predicted octanol–water partition coefficient (Wildman–Crippen LogP) is 6.18. The highest BCUT2D eigenvalue weighted by molar-refractivity contribution is 6.03. The smallest absolute Gasteiger partial charge is 0.0964 e. The summed E-state index contributed by atoms with van der Waals surface area (Å²) in [5.41, 5.74) is 5.73. The lowest BCUT2D eigenvalue weighted by Crippen LogP contribution is -1.88. The first-order valence-electron chi connectivity index (χ1n) is 9.08. The Kier molecular flexibility index (Phi) is 4.43. The molecule has 0 atom stereocenters. The maximum Gasteiger partial charge on any atom is 0.0964 e. The molecule has 0 saturated carbocycles. The lowest BCUT2D eigenvalue weighted by molar-refractivity contribution is 0.717. The normalized spacial score (nSPS) is 11.2. The van der Waals surface area contributed by atoms with Gasteiger partial charge in [-0.3, -0.25) is 9.97 Å². The first kappa shape index (κ1) is 15.8. The first-order chi connectivity index (χ1) is 12.3. The molecule has 0 saturated heterocycles. The number of hydrogen-bond acceptors (Lipinski definition) is 2. The van der Waals surface area contributed by atoms with Crippen LogP contribution in [0.2, 0.25) is 0 Å². The SMILES string of the molecule is CCCCCc1ccc(-c2cnc3c(ccc4cccnc43)c2)cc1. The molecule has 2 heterocycles. The van der Waals surface area contributed by atoms with Crippen molar-refractivity contribution >= 4 is 21.8 Å². The number of fused-ring (bicyclic) bond motifs is 3. The Morgan fingerprint density at radius 1 is 0.760 bits per heavy atom. The molecule has 0 aliphatic carbocycles. The van der Waals surface area contributed by atoms with Crippen LogP contribution in [-0.4, -0.2) is 9.97 Å². The molecule has 0 fully saturated rings. The summed E-state index contributed by atoms with van der Waals surface area (Å²) in [6, 6.07) is 19.4. The number of rotatable bonds is 5. The summed E-state index contributed by atoms with van der Waals surface area (Å²) in [6.07, 6.45) is 8.80. The number of unbranched alkanes of at least 4 members (excludes halogenated alkanes) is 2. The summed E-state index contributed by atoms with van der Waals surface area (Å²) in [4.78, 5) is 9.20. The third-order valence-corrected chi connectivity index (χ3v) is 4.78. The fourth-order valence-corrected chi connectivity index (χ4v) is 3.34. The van der Waals surface area contributed by atoms with Crippen LogP contribution in [0.3, 0.4) is 0 Å². The number of hydrogen-bond donors (Lipinski definition) is 0. The largest absolute Gasteiger partial charge is 0.254 e. The molecule has 2 nitrogen and oxygen atoms in total. The molecule has 2 aromatic heterocycles. The van der Waals surface area contributed by atoms with Crippen LogP contribution in [-0.2, 0) is 6.42 Å². The van der Waals surface area contributed by atoms with Crippen LogP contribution in [0.4, 0.5) is 0 Å². The van der Waals surface area contributed by atoms with Crippen LogP contribution in [0.1, 0.15) is 31.7 Å². The van der Waals surface area contributed by atoms with Gasteiger partial charge >= 0.3 is 0 Å². The molecule has 0 amide bonds. The van der Waals surface area contributed by atoms with E-state index in [4.69, 9.17) is 4.98 Å². The Morgan fingerprint density at radius 3 is 2.40 bits per heavy atom. The third-order valence-electron chi connectivity index (χ3n) is 4.78. The standard InChI is InChI=1S/C23H22N2/c1-2-3-4-6-17-8-10-18(11-9-17)21-15-20-13-12-19-7-5-14-24-22(19)23(20)25-16-21/h5,7-16H,2-4,6H2,1H3. The van der Waals surface area contributed by atoms with E-state index in [0.717, 1.165) is 27.4 Å². The highest BCUT2D eigenvalue weighted by Crippen LogP contribution is 2.27. The molecule has 124 valence electrons. The van der Waals surface area contributed by atoms with Gasteiger partial charge in [0.2, 0.25) is 0 Å². The van der Waals surface area contributed by atoms with Gasteiger partial charge in [0, 0.05) is 28.7 Å². The van der Waals surface area contributed by atoms with Crippen molar-refractivity contribution in [3.63, 3.8) is 0 Å². The minimum absolute atomic E-state index is 0.970. The summed E-state index contributed by atoms with van der Waals surface area (Å²) >= 11 is 0. The van der Waals surface area contributed by atoms with Crippen LogP contribution in [0.25, 0.3) is 32.9 Å². The van der Waals surface area contributed by atoms with E-state index in [1.807, 2.05) is 18.5 Å². The fourth-order valence-electron chi connectivity index (χ4n) is 3.34. The summed E-state index contributed by atoms with van der Waals surface area (Å²) in [5.74, 6) is 0. The average Bonchev–Trinajstić information content (AvgIpc) is 2.68. The number of aryl methyl sites for hydroxylation is 1. The van der Waals surface area contributed by atoms with E-state index in [-0.39, 0.29) is 0 Å². The van der Waals surface area contributed by atoms with Gasteiger partial charge in [-0.15, -0.1) is 0 Å². The van der Waals surface area contributed by atoms with Gasteiger partial charge in [0.05, 0.1) is 11.0 Å². The second-order valence-corrected chi connectivity index (χ2v) is 6.59. The zero-order chi connectivity index (χ0) is 17.1. The number of benzene rings is 2. The molecule has 25 heavy (non-hydrogen) atoms. The number of pyridine rings is 2. The molecular weight excluding hydrogens is 304 g/mol. The maximum atomic E-state index is 4.71. The van der Waals surface area contributed by atoms with E-state index in [1.165, 1.54) is 36.8 Å². The molecule has 4 aromatic rings. The van der Waals surface area contributed by atoms with Gasteiger partial charge in [0.1, 0.15) is 0 Å². The van der Waals surface area contributed by atoms with E-state index in [9.17, 15) is 0 Å². The Morgan fingerprint density at radius 2 is 1.56 bits per heavy atom. The van der Waals surface area contributed by atoms with Crippen molar-refractivity contribution in [1.82, 2.24) is 9.97 Å². The minimum Gasteiger partial charge on any atom is -0.254 e. The molecule has 0 aliphatic heterocycles. The van der Waals surface area contributed by atoms with Gasteiger partial charge in [0.25, 0.3) is 0 Å². The topological polar surface area (TPSA) is 25.8 Å². The molecular formula is C23H22N2. The van der Waals surface area contributed by atoms with E-state index >= 15 is 0 Å². The van der Waals surface area contributed by atoms with E-state index in [2.05, 4.69) is 60.4 Å². The second kappa shape index (κ2) is 7.02. The van der Waals surface area contributed by atoms with Crippen molar-refractivity contribution in [2.45, 2.75) is 32.6 Å². The highest BCUT2D eigenvalue weighted by atomic mass is 14.7. The second-order valence-electron chi connectivity index (χ2n) is 6.59. The predicted molar refractivity (Wildman–Crippen MR) is 106 cm³/mol. The zero-order valence-corrected chi connectivity index (χ0v) is 14.6. The molecule has 2 heteroatoms. The van der Waals surface area contributed by atoms with Gasteiger partial charge in [-0.25, -0.2) is 0 Å². The zero-order valence-electron chi connectivity index (χ0n) is 14.6. The van der Waals surface area contributed by atoms with Crippen LogP contribution in [0.5, 0.6) is 0 Å². The maximum absolute atomic E-state index is 4.71. The lowest BCUT2D eigenvalue weighted by atomic mass is 10.0. The van der Waals surface area contributed by atoms with E-state index in [1.54, 1.807) is 0 Å². The average molecular weight is 326 g/mol. The van der Waals surface area contributed by atoms with Crippen molar-refractivity contribution in [1.29, 1.82) is 0 Å². The lowest BCUT2D eigenvalue weighted by Gasteiger charge is -2.07. The molecule has 0 spiro atoms. The van der Waals surface area contributed by atoms with E-state index < -0.39 is 0 Å². The van der Waals surface area contributed by atoms with Gasteiger partial charge in [-0.2, -0.15) is 0 Å². The third kappa shape index (κ3) is 3.25. The highest BCUT2D eigenvalue weighted by Gasteiger charge is 2.05. The minimum atomic E-state index is 0.970. The number of aromatic nitrogens is 2. The Labute approximate surface area is 148 Å². The Hall–Kier alpha value is -2.74. The van der Waals surface area contributed by atoms with Crippen molar-refractivity contribution in [3.8, 4) is 11.1 Å². The molecule has 0 bridgehead atoms. The summed E-state index contributed by atoms with van der Waals surface area (Å²) in [5, 5.41) is 2.27. The van der Waals surface area contributed by atoms with Crippen LogP contribution in [0.15, 0.2) is 67.0 Å². The van der Waals surface area contributed by atoms with Crippen molar-refractivity contribution < 1.29 is 0 Å². The van der Waals surface area contributed by atoms with Gasteiger partial charge in [0.15, 0.2) is 0 Å². The molecule has 4 rings (SSSR count).